The monoisotopic (exact) mass is 423 g/mol. The summed E-state index contributed by atoms with van der Waals surface area (Å²) >= 11 is 0. The van der Waals surface area contributed by atoms with Crippen LogP contribution < -0.4 is 19.9 Å². The number of imide groups is 2. The van der Waals surface area contributed by atoms with Gasteiger partial charge in [0.2, 0.25) is 0 Å². The first-order valence-electron chi connectivity index (χ1n) is 10.2. The number of benzene rings is 2. The first kappa shape index (κ1) is 20.6. The molecule has 0 aromatic heterocycles. The fraction of sp³-hybridized carbons (Fsp3) is 0.261. The first-order chi connectivity index (χ1) is 15.0. The lowest BCUT2D eigenvalue weighted by Gasteiger charge is -2.27. The van der Waals surface area contributed by atoms with Crippen LogP contribution >= 0.6 is 0 Å². The van der Waals surface area contributed by atoms with Crippen molar-refractivity contribution in [2.45, 2.75) is 19.8 Å². The summed E-state index contributed by atoms with van der Waals surface area (Å²) in [6.45, 7) is 3.72. The van der Waals surface area contributed by atoms with Crippen LogP contribution in [0.4, 0.5) is 20.6 Å². The lowest BCUT2D eigenvalue weighted by molar-refractivity contribution is -0.122. The van der Waals surface area contributed by atoms with Crippen LogP contribution in [0.1, 0.15) is 25.3 Å². The highest BCUT2D eigenvalue weighted by atomic mass is 19.1. The van der Waals surface area contributed by atoms with Gasteiger partial charge in [-0.05, 0) is 55.7 Å². The van der Waals surface area contributed by atoms with Crippen molar-refractivity contribution in [2.75, 3.05) is 29.5 Å². The number of para-hydroxylation sites is 2. The predicted molar refractivity (Wildman–Crippen MR) is 114 cm³/mol. The van der Waals surface area contributed by atoms with E-state index in [0.717, 1.165) is 30.8 Å². The zero-order chi connectivity index (χ0) is 22.0. The van der Waals surface area contributed by atoms with E-state index in [0.29, 0.717) is 23.6 Å². The van der Waals surface area contributed by atoms with E-state index in [4.69, 9.17) is 4.74 Å². The van der Waals surface area contributed by atoms with Crippen LogP contribution in [0.3, 0.4) is 0 Å². The number of halogens is 1. The molecule has 0 aliphatic carbocycles. The van der Waals surface area contributed by atoms with Crippen molar-refractivity contribution < 1.29 is 23.5 Å². The molecule has 31 heavy (non-hydrogen) atoms. The molecule has 0 unspecified atom stereocenters. The number of ether oxygens (including phenoxy) is 1. The molecule has 2 fully saturated rings. The number of carbonyl (C=O) groups is 3. The Bertz CT molecular complexity index is 1080. The van der Waals surface area contributed by atoms with E-state index in [1.807, 2.05) is 4.90 Å². The summed E-state index contributed by atoms with van der Waals surface area (Å²) in [5.74, 6) is -1.72. The minimum atomic E-state index is -0.866. The number of hydrogen-bond donors (Lipinski definition) is 1. The van der Waals surface area contributed by atoms with Gasteiger partial charge < -0.3 is 9.64 Å². The molecule has 4 amide bonds. The largest absolute Gasteiger partial charge is 0.492 e. The SMILES string of the molecule is CCOc1ccccc1N1C(=O)NC(=O)/C(=C\c2ccc(N3CCCC3)c(F)c2)C1=O. The molecule has 2 aromatic rings. The van der Waals surface area contributed by atoms with Crippen LogP contribution in [0.25, 0.3) is 6.08 Å². The molecule has 0 saturated carbocycles. The van der Waals surface area contributed by atoms with Gasteiger partial charge in [0.15, 0.2) is 0 Å². The maximum Gasteiger partial charge on any atom is 0.336 e. The molecule has 0 radical (unpaired) electrons. The van der Waals surface area contributed by atoms with E-state index < -0.39 is 23.7 Å². The quantitative estimate of drug-likeness (QED) is 0.588. The van der Waals surface area contributed by atoms with Crippen molar-refractivity contribution in [3.05, 3.63) is 59.4 Å². The number of amides is 4. The highest BCUT2D eigenvalue weighted by Crippen LogP contribution is 2.31. The Balaban J connectivity index is 1.67. The molecule has 2 aliphatic heterocycles. The molecule has 0 spiro atoms. The average molecular weight is 423 g/mol. The number of nitrogens with zero attached hydrogens (tertiary/aromatic N) is 2. The minimum Gasteiger partial charge on any atom is -0.492 e. The molecular formula is C23H22FN3O4. The number of urea groups is 1. The molecule has 2 aliphatic rings. The van der Waals surface area contributed by atoms with Gasteiger partial charge in [-0.25, -0.2) is 14.1 Å². The van der Waals surface area contributed by atoms with Crippen molar-refractivity contribution in [1.82, 2.24) is 5.32 Å². The van der Waals surface area contributed by atoms with Gasteiger partial charge in [0, 0.05) is 13.1 Å². The minimum absolute atomic E-state index is 0.223. The van der Waals surface area contributed by atoms with Gasteiger partial charge in [-0.15, -0.1) is 0 Å². The van der Waals surface area contributed by atoms with E-state index in [9.17, 15) is 18.8 Å². The molecular weight excluding hydrogens is 401 g/mol. The number of carbonyl (C=O) groups excluding carboxylic acids is 3. The zero-order valence-corrected chi connectivity index (χ0v) is 17.1. The van der Waals surface area contributed by atoms with E-state index >= 15 is 0 Å². The topological polar surface area (TPSA) is 79.0 Å². The highest BCUT2D eigenvalue weighted by molar-refractivity contribution is 6.39. The van der Waals surface area contributed by atoms with Gasteiger partial charge in [-0.3, -0.25) is 14.9 Å². The van der Waals surface area contributed by atoms with Crippen LogP contribution in [-0.4, -0.2) is 37.5 Å². The average Bonchev–Trinajstić information content (AvgIpc) is 3.27. The highest BCUT2D eigenvalue weighted by Gasteiger charge is 2.38. The van der Waals surface area contributed by atoms with Gasteiger partial charge in [0.1, 0.15) is 17.1 Å². The summed E-state index contributed by atoms with van der Waals surface area (Å²) in [5.41, 5.74) is 0.813. The van der Waals surface area contributed by atoms with Gasteiger partial charge >= 0.3 is 6.03 Å². The van der Waals surface area contributed by atoms with Crippen LogP contribution in [0, 0.1) is 5.82 Å². The third-order valence-electron chi connectivity index (χ3n) is 5.24. The smallest absolute Gasteiger partial charge is 0.336 e. The summed E-state index contributed by atoms with van der Waals surface area (Å²) in [6.07, 6.45) is 3.33. The van der Waals surface area contributed by atoms with Gasteiger partial charge in [-0.2, -0.15) is 0 Å². The van der Waals surface area contributed by atoms with E-state index in [1.165, 1.54) is 12.1 Å². The first-order valence-corrected chi connectivity index (χ1v) is 10.2. The fourth-order valence-electron chi connectivity index (χ4n) is 3.79. The molecule has 0 atom stereocenters. The summed E-state index contributed by atoms with van der Waals surface area (Å²) in [5, 5.41) is 2.17. The fourth-order valence-corrected chi connectivity index (χ4v) is 3.79. The zero-order valence-electron chi connectivity index (χ0n) is 17.1. The maximum atomic E-state index is 14.7. The van der Waals surface area contributed by atoms with Crippen molar-refractivity contribution >= 4 is 35.3 Å². The Labute approximate surface area is 179 Å². The van der Waals surface area contributed by atoms with Crippen LogP contribution in [0.15, 0.2) is 48.0 Å². The summed E-state index contributed by atoms with van der Waals surface area (Å²) in [6, 6.07) is 10.3. The molecule has 4 rings (SSSR count). The lowest BCUT2D eigenvalue weighted by atomic mass is 10.1. The van der Waals surface area contributed by atoms with Crippen LogP contribution in [-0.2, 0) is 9.59 Å². The van der Waals surface area contributed by atoms with Crippen molar-refractivity contribution in [3.63, 3.8) is 0 Å². The number of nitrogens with one attached hydrogen (secondary N) is 1. The normalized spacial score (nSPS) is 18.0. The second kappa shape index (κ2) is 8.59. The number of hydrogen-bond acceptors (Lipinski definition) is 5. The molecule has 2 saturated heterocycles. The third kappa shape index (κ3) is 4.01. The van der Waals surface area contributed by atoms with E-state index in [1.54, 1.807) is 43.3 Å². The number of anilines is 2. The van der Waals surface area contributed by atoms with E-state index in [-0.39, 0.29) is 11.3 Å². The van der Waals surface area contributed by atoms with Gasteiger partial charge in [-0.1, -0.05) is 18.2 Å². The standard InChI is InChI=1S/C23H22FN3O4/c1-2-31-20-8-4-3-7-19(20)27-22(29)16(21(28)25-23(27)30)13-15-9-10-18(17(24)14-15)26-11-5-6-12-26/h3-4,7-10,13-14H,2,5-6,11-12H2,1H3,(H,25,28,30)/b16-13+. The molecule has 8 heteroatoms. The molecule has 2 aromatic carbocycles. The van der Waals surface area contributed by atoms with Crippen LogP contribution in [0.2, 0.25) is 0 Å². The van der Waals surface area contributed by atoms with Gasteiger partial charge in [0.25, 0.3) is 11.8 Å². The number of rotatable bonds is 5. The number of barbiturate groups is 1. The predicted octanol–water partition coefficient (Wildman–Crippen LogP) is 3.49. The Morgan fingerprint density at radius 2 is 1.81 bits per heavy atom. The maximum absolute atomic E-state index is 14.7. The molecule has 7 nitrogen and oxygen atoms in total. The van der Waals surface area contributed by atoms with Crippen molar-refractivity contribution in [3.8, 4) is 5.75 Å². The lowest BCUT2D eigenvalue weighted by Crippen LogP contribution is -2.54. The van der Waals surface area contributed by atoms with Crippen LogP contribution in [0.5, 0.6) is 5.75 Å². The molecule has 2 heterocycles. The molecule has 0 bridgehead atoms. The molecule has 1 N–H and O–H groups in total. The summed E-state index contributed by atoms with van der Waals surface area (Å²) < 4.78 is 20.2. The van der Waals surface area contributed by atoms with Crippen molar-refractivity contribution in [2.24, 2.45) is 0 Å². The van der Waals surface area contributed by atoms with Gasteiger partial charge in [0.05, 0.1) is 18.0 Å². The Hall–Kier alpha value is -3.68. The second-order valence-corrected chi connectivity index (χ2v) is 7.26. The Morgan fingerprint density at radius 1 is 1.06 bits per heavy atom. The Kier molecular flexibility index (Phi) is 5.70. The third-order valence-corrected chi connectivity index (χ3v) is 5.24. The van der Waals surface area contributed by atoms with Crippen molar-refractivity contribution in [1.29, 1.82) is 0 Å². The summed E-state index contributed by atoms with van der Waals surface area (Å²) in [7, 11) is 0. The molecule has 160 valence electrons. The van der Waals surface area contributed by atoms with E-state index in [2.05, 4.69) is 5.32 Å². The Morgan fingerprint density at radius 3 is 2.52 bits per heavy atom. The second-order valence-electron chi connectivity index (χ2n) is 7.26. The summed E-state index contributed by atoms with van der Waals surface area (Å²) in [4.78, 5) is 40.7.